The highest BCUT2D eigenvalue weighted by molar-refractivity contribution is 7.38. The molecule has 1 heterocycles. The number of hydrogen-bond acceptors (Lipinski definition) is 3. The molecule has 3 unspecified atom stereocenters. The molecule has 0 bridgehead atoms. The van der Waals surface area contributed by atoms with Crippen LogP contribution in [0.1, 0.15) is 40.0 Å². The lowest BCUT2D eigenvalue weighted by atomic mass is 10.1. The van der Waals surface area contributed by atoms with Gasteiger partial charge in [-0.2, -0.15) is 0 Å². The number of amides is 1. The number of allylic oxidation sites excluding steroid dienone is 2. The Hall–Kier alpha value is -1.12. The molecule has 4 nitrogen and oxygen atoms in total. The average molecular weight is 336 g/mol. The summed E-state index contributed by atoms with van der Waals surface area (Å²) in [6.45, 7) is 14.5. The third kappa shape index (κ3) is 5.19. The van der Waals surface area contributed by atoms with Crippen molar-refractivity contribution in [3.63, 3.8) is 0 Å². The Morgan fingerprint density at radius 3 is 2.78 bits per heavy atom. The van der Waals surface area contributed by atoms with Crippen LogP contribution in [0.25, 0.3) is 0 Å². The number of carbonyl (C=O) groups is 1. The fourth-order valence-corrected chi connectivity index (χ4v) is 4.04. The molecule has 23 heavy (non-hydrogen) atoms. The molecule has 0 radical (unpaired) electrons. The van der Waals surface area contributed by atoms with Crippen molar-refractivity contribution in [1.29, 1.82) is 0 Å². The lowest BCUT2D eigenvalue weighted by Crippen LogP contribution is -2.47. The van der Waals surface area contributed by atoms with E-state index >= 15 is 0 Å². The summed E-state index contributed by atoms with van der Waals surface area (Å²) in [5.74, 6) is 0. The zero-order valence-electron chi connectivity index (χ0n) is 14.5. The number of nitrogens with zero attached hydrogens (tertiary/aromatic N) is 1. The van der Waals surface area contributed by atoms with Gasteiger partial charge in [-0.05, 0) is 60.9 Å². The minimum absolute atomic E-state index is 0.169. The first-order chi connectivity index (χ1) is 10.8. The van der Waals surface area contributed by atoms with Crippen LogP contribution in [-0.2, 0) is 4.74 Å². The van der Waals surface area contributed by atoms with Gasteiger partial charge >= 0.3 is 6.09 Å². The van der Waals surface area contributed by atoms with Crippen LogP contribution in [0.3, 0.4) is 0 Å². The predicted molar refractivity (Wildman–Crippen MR) is 98.1 cm³/mol. The van der Waals surface area contributed by atoms with Gasteiger partial charge in [0.05, 0.1) is 0 Å². The van der Waals surface area contributed by atoms with Crippen LogP contribution in [0.5, 0.6) is 0 Å². The first kappa shape index (κ1) is 18.2. The molecular weight excluding hydrogens is 307 g/mol. The number of nitrogens with one attached hydrogen (secondary N) is 1. The maximum absolute atomic E-state index is 12.1. The topological polar surface area (TPSA) is 41.6 Å². The van der Waals surface area contributed by atoms with E-state index in [-0.39, 0.29) is 6.09 Å². The molecule has 0 aromatic heterocycles. The summed E-state index contributed by atoms with van der Waals surface area (Å²) in [6, 6.07) is 0.787. The van der Waals surface area contributed by atoms with Crippen molar-refractivity contribution in [2.75, 3.05) is 12.7 Å². The fraction of sp³-hybridized carbons (Fsp3) is 0.611. The van der Waals surface area contributed by atoms with Gasteiger partial charge in [0.25, 0.3) is 0 Å². The number of hydrogen-bond donors (Lipinski definition) is 1. The molecule has 1 saturated carbocycles. The molecule has 2 rings (SSSR count). The van der Waals surface area contributed by atoms with E-state index < -0.39 is 5.60 Å². The highest BCUT2D eigenvalue weighted by Crippen LogP contribution is 2.38. The van der Waals surface area contributed by atoms with Gasteiger partial charge in [-0.1, -0.05) is 30.9 Å². The molecule has 1 aliphatic carbocycles. The second-order valence-electron chi connectivity index (χ2n) is 7.25. The smallest absolute Gasteiger partial charge is 0.413 e. The summed E-state index contributed by atoms with van der Waals surface area (Å²) in [7, 11) is 0.566. The molecular formula is C18H29N2O2P. The van der Waals surface area contributed by atoms with E-state index in [9.17, 15) is 4.79 Å². The molecule has 2 aliphatic rings. The quantitative estimate of drug-likeness (QED) is 0.771. The first-order valence-electron chi connectivity index (χ1n) is 8.29. The summed E-state index contributed by atoms with van der Waals surface area (Å²) in [5, 5.41) is 3.60. The molecule has 1 aliphatic heterocycles. The molecule has 2 fully saturated rings. The standard InChI is InChI=1S/C18H29N2O2P/c1-6-7-14-11-15(10-13(14)2)19-9-8-16-12-23-20(16)17(21)22-18(3,4)5/h6-7,15-16,19,23H,1-2,8-12H2,3-5H3/b14-7-. The second-order valence-corrected chi connectivity index (χ2v) is 8.45. The van der Waals surface area contributed by atoms with Crippen molar-refractivity contribution in [2.24, 2.45) is 0 Å². The summed E-state index contributed by atoms with van der Waals surface area (Å²) in [5.41, 5.74) is 2.10. The van der Waals surface area contributed by atoms with E-state index in [1.807, 2.05) is 31.5 Å². The van der Waals surface area contributed by atoms with Crippen molar-refractivity contribution < 1.29 is 9.53 Å². The Labute approximate surface area is 141 Å². The minimum Gasteiger partial charge on any atom is -0.443 e. The molecule has 128 valence electrons. The minimum atomic E-state index is -0.419. The lowest BCUT2D eigenvalue weighted by molar-refractivity contribution is 0.0325. The van der Waals surface area contributed by atoms with Crippen LogP contribution in [0.2, 0.25) is 0 Å². The SMILES string of the molecule is C=C/C=C1/CC(NCCC2CPN2C(=O)OC(C)(C)C)CC1=C. The van der Waals surface area contributed by atoms with Crippen LogP contribution in [0, 0.1) is 0 Å². The molecule has 1 saturated heterocycles. The number of rotatable bonds is 5. The summed E-state index contributed by atoms with van der Waals surface area (Å²) >= 11 is 0. The monoisotopic (exact) mass is 336 g/mol. The summed E-state index contributed by atoms with van der Waals surface area (Å²) in [6.07, 6.45) is 7.82. The van der Waals surface area contributed by atoms with Crippen LogP contribution < -0.4 is 5.32 Å². The summed E-state index contributed by atoms with van der Waals surface area (Å²) in [4.78, 5) is 12.1. The largest absolute Gasteiger partial charge is 0.443 e. The van der Waals surface area contributed by atoms with E-state index in [1.165, 1.54) is 11.1 Å². The van der Waals surface area contributed by atoms with Gasteiger partial charge in [0.15, 0.2) is 0 Å². The van der Waals surface area contributed by atoms with E-state index in [4.69, 9.17) is 4.74 Å². The maximum Gasteiger partial charge on any atom is 0.413 e. The number of carbonyl (C=O) groups excluding carboxylic acids is 1. The van der Waals surface area contributed by atoms with Crippen LogP contribution >= 0.6 is 8.73 Å². The Morgan fingerprint density at radius 1 is 1.48 bits per heavy atom. The van der Waals surface area contributed by atoms with Crippen LogP contribution in [0.15, 0.2) is 36.5 Å². The Bertz CT molecular complexity index is 508. The van der Waals surface area contributed by atoms with Gasteiger partial charge in [0.1, 0.15) is 5.60 Å². The third-order valence-electron chi connectivity index (χ3n) is 4.10. The van der Waals surface area contributed by atoms with Gasteiger partial charge in [0, 0.05) is 18.2 Å². The van der Waals surface area contributed by atoms with E-state index in [0.29, 0.717) is 20.8 Å². The predicted octanol–water partition coefficient (Wildman–Crippen LogP) is 4.01. The van der Waals surface area contributed by atoms with Gasteiger partial charge < -0.3 is 10.1 Å². The number of ether oxygens (including phenoxy) is 1. The third-order valence-corrected chi connectivity index (χ3v) is 5.64. The lowest BCUT2D eigenvalue weighted by Gasteiger charge is -2.41. The molecule has 0 aromatic carbocycles. The average Bonchev–Trinajstić information content (AvgIpc) is 2.72. The van der Waals surface area contributed by atoms with Gasteiger partial charge in [-0.15, -0.1) is 0 Å². The van der Waals surface area contributed by atoms with Gasteiger partial charge in [0.2, 0.25) is 0 Å². The zero-order valence-corrected chi connectivity index (χ0v) is 15.5. The molecule has 0 aromatic rings. The van der Waals surface area contributed by atoms with Crippen molar-refractivity contribution in [3.05, 3.63) is 36.5 Å². The van der Waals surface area contributed by atoms with Crippen LogP contribution in [0.4, 0.5) is 4.79 Å². The van der Waals surface area contributed by atoms with Crippen molar-refractivity contribution >= 4 is 14.8 Å². The first-order valence-corrected chi connectivity index (χ1v) is 9.44. The normalized spacial score (nSPS) is 27.3. The molecule has 5 heteroatoms. The van der Waals surface area contributed by atoms with E-state index in [0.717, 1.165) is 32.0 Å². The van der Waals surface area contributed by atoms with E-state index in [2.05, 4.69) is 24.6 Å². The molecule has 0 spiro atoms. The van der Waals surface area contributed by atoms with E-state index in [1.54, 1.807) is 0 Å². The molecule has 1 amide bonds. The zero-order chi connectivity index (χ0) is 17.0. The molecule has 3 atom stereocenters. The fourth-order valence-electron chi connectivity index (χ4n) is 2.90. The maximum atomic E-state index is 12.1. The highest BCUT2D eigenvalue weighted by Gasteiger charge is 2.35. The Balaban J connectivity index is 1.71. The Kier molecular flexibility index (Phi) is 6.05. The summed E-state index contributed by atoms with van der Waals surface area (Å²) < 4.78 is 7.33. The van der Waals surface area contributed by atoms with Crippen molar-refractivity contribution in [2.45, 2.75) is 57.7 Å². The van der Waals surface area contributed by atoms with Crippen molar-refractivity contribution in [1.82, 2.24) is 9.99 Å². The van der Waals surface area contributed by atoms with Crippen molar-refractivity contribution in [3.8, 4) is 0 Å². The van der Waals surface area contributed by atoms with Crippen LogP contribution in [-0.4, -0.2) is 41.2 Å². The Morgan fingerprint density at radius 2 is 2.22 bits per heavy atom. The van der Waals surface area contributed by atoms with Gasteiger partial charge in [-0.25, -0.2) is 4.79 Å². The molecule has 1 N–H and O–H groups in total. The second kappa shape index (κ2) is 7.63. The van der Waals surface area contributed by atoms with Gasteiger partial charge in [-0.3, -0.25) is 4.67 Å². The highest BCUT2D eigenvalue weighted by atomic mass is 31.1.